The molecule has 0 aliphatic heterocycles. The molecule has 5 heteroatoms. The molecule has 1 amide bonds. The molecule has 0 aliphatic rings. The Kier molecular flexibility index (Phi) is 3.62. The van der Waals surface area contributed by atoms with E-state index in [1.54, 1.807) is 12.4 Å². The number of nitrogens with zero attached hydrogens (tertiary/aromatic N) is 2. The van der Waals surface area contributed by atoms with E-state index in [1.807, 2.05) is 13.0 Å². The maximum atomic E-state index is 12.9. The predicted octanol–water partition coefficient (Wildman–Crippen LogP) is 1.85. The van der Waals surface area contributed by atoms with Crippen molar-refractivity contribution in [2.75, 3.05) is 0 Å². The zero-order valence-electron chi connectivity index (χ0n) is 9.85. The molecule has 2 rings (SSSR count). The van der Waals surface area contributed by atoms with Crippen molar-refractivity contribution in [1.29, 1.82) is 0 Å². The van der Waals surface area contributed by atoms with Crippen LogP contribution in [0.2, 0.25) is 0 Å². The molecule has 18 heavy (non-hydrogen) atoms. The minimum Gasteiger partial charge on any atom is -0.347 e. The van der Waals surface area contributed by atoms with Crippen molar-refractivity contribution < 1.29 is 9.18 Å². The molecule has 0 bridgehead atoms. The van der Waals surface area contributed by atoms with Crippen molar-refractivity contribution in [3.63, 3.8) is 0 Å². The van der Waals surface area contributed by atoms with Gasteiger partial charge in [-0.2, -0.15) is 4.39 Å². The largest absolute Gasteiger partial charge is 0.347 e. The average Bonchev–Trinajstić information content (AvgIpc) is 2.37. The molecular weight excluding hydrogens is 233 g/mol. The fraction of sp³-hybridized carbons (Fsp3) is 0.154. The second-order valence-electron chi connectivity index (χ2n) is 3.83. The highest BCUT2D eigenvalue weighted by atomic mass is 19.1. The summed E-state index contributed by atoms with van der Waals surface area (Å²) < 4.78 is 12.9. The van der Waals surface area contributed by atoms with Crippen LogP contribution < -0.4 is 5.32 Å². The van der Waals surface area contributed by atoms with Gasteiger partial charge in [-0.15, -0.1) is 0 Å². The Balaban J connectivity index is 2.03. The maximum absolute atomic E-state index is 12.9. The zero-order chi connectivity index (χ0) is 13.0. The molecule has 2 heterocycles. The van der Waals surface area contributed by atoms with E-state index in [-0.39, 0.29) is 5.69 Å². The number of halogens is 1. The van der Waals surface area contributed by atoms with E-state index >= 15 is 0 Å². The predicted molar refractivity (Wildman–Crippen MR) is 64.3 cm³/mol. The van der Waals surface area contributed by atoms with Crippen LogP contribution in [0.3, 0.4) is 0 Å². The number of carbonyl (C=O) groups is 1. The Morgan fingerprint density at radius 2 is 2.22 bits per heavy atom. The second kappa shape index (κ2) is 5.35. The fourth-order valence-corrected chi connectivity index (χ4v) is 1.48. The Morgan fingerprint density at radius 3 is 2.94 bits per heavy atom. The number of aromatic nitrogens is 2. The monoisotopic (exact) mass is 245 g/mol. The average molecular weight is 245 g/mol. The van der Waals surface area contributed by atoms with Crippen molar-refractivity contribution in [2.45, 2.75) is 13.5 Å². The molecule has 4 nitrogen and oxygen atoms in total. The number of rotatable bonds is 3. The lowest BCUT2D eigenvalue weighted by Crippen LogP contribution is -2.24. The third-order valence-electron chi connectivity index (χ3n) is 2.53. The summed E-state index contributed by atoms with van der Waals surface area (Å²) in [6, 6.07) is 5.98. The van der Waals surface area contributed by atoms with Gasteiger partial charge in [-0.05, 0) is 36.2 Å². The first-order chi connectivity index (χ1) is 8.66. The second-order valence-corrected chi connectivity index (χ2v) is 3.83. The van der Waals surface area contributed by atoms with Crippen LogP contribution in [0.4, 0.5) is 4.39 Å². The van der Waals surface area contributed by atoms with Gasteiger partial charge < -0.3 is 5.32 Å². The zero-order valence-corrected chi connectivity index (χ0v) is 9.85. The van der Waals surface area contributed by atoms with Gasteiger partial charge in [0, 0.05) is 18.9 Å². The molecule has 0 radical (unpaired) electrons. The number of pyridine rings is 2. The van der Waals surface area contributed by atoms with Gasteiger partial charge >= 0.3 is 0 Å². The van der Waals surface area contributed by atoms with Crippen molar-refractivity contribution >= 4 is 5.91 Å². The smallest absolute Gasteiger partial charge is 0.270 e. The van der Waals surface area contributed by atoms with Crippen molar-refractivity contribution in [1.82, 2.24) is 15.3 Å². The molecule has 0 aliphatic carbocycles. The van der Waals surface area contributed by atoms with E-state index in [0.29, 0.717) is 6.54 Å². The topological polar surface area (TPSA) is 54.9 Å². The van der Waals surface area contributed by atoms with Crippen LogP contribution in [-0.2, 0) is 6.54 Å². The number of carbonyl (C=O) groups excluding carboxylic acids is 1. The van der Waals surface area contributed by atoms with E-state index in [2.05, 4.69) is 15.3 Å². The third-order valence-corrected chi connectivity index (χ3v) is 2.53. The standard InChI is InChI=1S/C13H12FN3O/c1-9-5-6-15-7-10(9)8-16-13(18)11-3-2-4-12(14)17-11/h2-7H,8H2,1H3,(H,16,18). The highest BCUT2D eigenvalue weighted by molar-refractivity contribution is 5.92. The molecule has 2 aromatic heterocycles. The summed E-state index contributed by atoms with van der Waals surface area (Å²) in [5.41, 5.74) is 2.02. The van der Waals surface area contributed by atoms with E-state index in [9.17, 15) is 9.18 Å². The van der Waals surface area contributed by atoms with Crippen LogP contribution in [0, 0.1) is 12.9 Å². The fourth-order valence-electron chi connectivity index (χ4n) is 1.48. The number of hydrogen-bond donors (Lipinski definition) is 1. The van der Waals surface area contributed by atoms with Gasteiger partial charge in [-0.3, -0.25) is 9.78 Å². The molecular formula is C13H12FN3O. The van der Waals surface area contributed by atoms with Gasteiger partial charge in [0.2, 0.25) is 5.95 Å². The Morgan fingerprint density at radius 1 is 1.39 bits per heavy atom. The number of amides is 1. The molecule has 0 spiro atoms. The number of hydrogen-bond acceptors (Lipinski definition) is 3. The summed E-state index contributed by atoms with van der Waals surface area (Å²) in [6.07, 6.45) is 3.38. The van der Waals surface area contributed by atoms with Crippen LogP contribution in [0.5, 0.6) is 0 Å². The summed E-state index contributed by atoms with van der Waals surface area (Å²) in [5.74, 6) is -1.07. The van der Waals surface area contributed by atoms with E-state index in [0.717, 1.165) is 11.1 Å². The first-order valence-corrected chi connectivity index (χ1v) is 5.47. The molecule has 92 valence electrons. The van der Waals surface area contributed by atoms with E-state index in [1.165, 1.54) is 18.2 Å². The molecule has 0 aromatic carbocycles. The Bertz CT molecular complexity index is 572. The van der Waals surface area contributed by atoms with Crippen LogP contribution in [0.25, 0.3) is 0 Å². The summed E-state index contributed by atoms with van der Waals surface area (Å²) in [5, 5.41) is 2.68. The van der Waals surface area contributed by atoms with Crippen LogP contribution >= 0.6 is 0 Å². The lowest BCUT2D eigenvalue weighted by atomic mass is 10.1. The highest BCUT2D eigenvalue weighted by Gasteiger charge is 2.08. The van der Waals surface area contributed by atoms with Crippen molar-refractivity contribution in [3.05, 3.63) is 59.4 Å². The van der Waals surface area contributed by atoms with Gasteiger partial charge in [0.25, 0.3) is 5.91 Å². The first kappa shape index (κ1) is 12.2. The van der Waals surface area contributed by atoms with Gasteiger partial charge in [0.1, 0.15) is 5.69 Å². The quantitative estimate of drug-likeness (QED) is 0.840. The first-order valence-electron chi connectivity index (χ1n) is 5.47. The number of aryl methyl sites for hydroxylation is 1. The van der Waals surface area contributed by atoms with Crippen molar-refractivity contribution in [3.8, 4) is 0 Å². The molecule has 0 saturated heterocycles. The van der Waals surface area contributed by atoms with Crippen LogP contribution in [0.1, 0.15) is 21.6 Å². The summed E-state index contributed by atoms with van der Waals surface area (Å²) in [6.45, 7) is 2.28. The van der Waals surface area contributed by atoms with Gasteiger partial charge in [-0.25, -0.2) is 4.98 Å². The molecule has 0 unspecified atom stereocenters. The Hall–Kier alpha value is -2.30. The molecule has 0 atom stereocenters. The van der Waals surface area contributed by atoms with E-state index in [4.69, 9.17) is 0 Å². The maximum Gasteiger partial charge on any atom is 0.270 e. The SMILES string of the molecule is Cc1ccncc1CNC(=O)c1cccc(F)n1. The minimum atomic E-state index is -0.666. The summed E-state index contributed by atoms with van der Waals surface area (Å²) >= 11 is 0. The lowest BCUT2D eigenvalue weighted by molar-refractivity contribution is 0.0944. The third kappa shape index (κ3) is 2.88. The van der Waals surface area contributed by atoms with Gasteiger partial charge in [-0.1, -0.05) is 6.07 Å². The summed E-state index contributed by atoms with van der Waals surface area (Å²) in [7, 11) is 0. The molecule has 0 saturated carbocycles. The highest BCUT2D eigenvalue weighted by Crippen LogP contribution is 2.05. The van der Waals surface area contributed by atoms with Crippen LogP contribution in [-0.4, -0.2) is 15.9 Å². The molecule has 1 N–H and O–H groups in total. The van der Waals surface area contributed by atoms with Crippen LogP contribution in [0.15, 0.2) is 36.7 Å². The molecule has 2 aromatic rings. The van der Waals surface area contributed by atoms with E-state index < -0.39 is 11.9 Å². The minimum absolute atomic E-state index is 0.0662. The normalized spacial score (nSPS) is 10.1. The lowest BCUT2D eigenvalue weighted by Gasteiger charge is -2.06. The Labute approximate surface area is 104 Å². The van der Waals surface area contributed by atoms with Crippen molar-refractivity contribution in [2.24, 2.45) is 0 Å². The number of nitrogens with one attached hydrogen (secondary N) is 1. The summed E-state index contributed by atoms with van der Waals surface area (Å²) in [4.78, 5) is 19.2. The van der Waals surface area contributed by atoms with Gasteiger partial charge in [0.15, 0.2) is 0 Å². The molecule has 0 fully saturated rings. The van der Waals surface area contributed by atoms with Gasteiger partial charge in [0.05, 0.1) is 0 Å².